The van der Waals surface area contributed by atoms with Gasteiger partial charge in [-0.3, -0.25) is 4.79 Å². The number of carbonyl (C=O) groups excluding carboxylic acids is 1. The minimum absolute atomic E-state index is 0.0575. The van der Waals surface area contributed by atoms with Gasteiger partial charge < -0.3 is 15.4 Å². The predicted octanol–water partition coefficient (Wildman–Crippen LogP) is 3.16. The average molecular weight is 327 g/mol. The van der Waals surface area contributed by atoms with Crippen LogP contribution in [0.25, 0.3) is 0 Å². The minimum atomic E-state index is -0.207. The lowest BCUT2D eigenvalue weighted by Crippen LogP contribution is -2.40. The van der Waals surface area contributed by atoms with Crippen molar-refractivity contribution in [2.45, 2.75) is 26.7 Å². The summed E-state index contributed by atoms with van der Waals surface area (Å²) >= 11 is 11.1. The van der Waals surface area contributed by atoms with E-state index in [2.05, 4.69) is 0 Å². The zero-order valence-corrected chi connectivity index (χ0v) is 13.8. The van der Waals surface area contributed by atoms with Gasteiger partial charge in [0, 0.05) is 17.0 Å². The van der Waals surface area contributed by atoms with Crippen LogP contribution in [0.3, 0.4) is 0 Å². The first-order chi connectivity index (χ1) is 9.81. The van der Waals surface area contributed by atoms with E-state index in [-0.39, 0.29) is 17.9 Å². The molecule has 0 fully saturated rings. The van der Waals surface area contributed by atoms with Crippen LogP contribution in [0.2, 0.25) is 5.02 Å². The van der Waals surface area contributed by atoms with E-state index in [4.69, 9.17) is 34.3 Å². The molecule has 0 atom stereocenters. The predicted molar refractivity (Wildman–Crippen MR) is 89.1 cm³/mol. The molecule has 114 valence electrons. The summed E-state index contributed by atoms with van der Waals surface area (Å²) in [5.74, 6) is 0.630. The largest absolute Gasteiger partial charge is 0.482 e. The molecule has 0 saturated heterocycles. The number of amides is 1. The van der Waals surface area contributed by atoms with Crippen molar-refractivity contribution in [1.82, 2.24) is 0 Å². The number of thiocarbonyl (C=S) groups is 1. The van der Waals surface area contributed by atoms with Gasteiger partial charge >= 0.3 is 0 Å². The highest BCUT2D eigenvalue weighted by Gasteiger charge is 2.27. The highest BCUT2D eigenvalue weighted by Crippen LogP contribution is 2.35. The summed E-state index contributed by atoms with van der Waals surface area (Å²) in [5, 5.41) is 0.584. The van der Waals surface area contributed by atoms with Gasteiger partial charge in [0.15, 0.2) is 6.61 Å². The fourth-order valence-electron chi connectivity index (χ4n) is 2.22. The molecule has 0 aliphatic carbocycles. The topological polar surface area (TPSA) is 55.6 Å². The number of hydrogen-bond donors (Lipinski definition) is 1. The Hall–Kier alpha value is -1.33. The molecular formula is C15H19ClN2O2S. The lowest BCUT2D eigenvalue weighted by Gasteiger charge is -2.31. The van der Waals surface area contributed by atoms with Crippen LogP contribution in [0.1, 0.15) is 26.7 Å². The molecule has 1 aliphatic heterocycles. The zero-order chi connectivity index (χ0) is 15.6. The summed E-state index contributed by atoms with van der Waals surface area (Å²) in [6.45, 7) is 4.69. The molecule has 21 heavy (non-hydrogen) atoms. The smallest absolute Gasteiger partial charge is 0.265 e. The second-order valence-electron chi connectivity index (χ2n) is 5.80. The molecule has 0 radical (unpaired) electrons. The van der Waals surface area contributed by atoms with Crippen LogP contribution in [0.5, 0.6) is 5.75 Å². The minimum Gasteiger partial charge on any atom is -0.482 e. The maximum absolute atomic E-state index is 12.1. The van der Waals surface area contributed by atoms with Crippen LogP contribution >= 0.6 is 23.8 Å². The maximum atomic E-state index is 12.1. The number of fused-ring (bicyclic) bond motifs is 1. The number of benzene rings is 1. The fourth-order valence-corrected chi connectivity index (χ4v) is 2.49. The van der Waals surface area contributed by atoms with Gasteiger partial charge in [-0.1, -0.05) is 37.7 Å². The third-order valence-corrected chi connectivity index (χ3v) is 4.50. The summed E-state index contributed by atoms with van der Waals surface area (Å²) in [7, 11) is 0. The second-order valence-corrected chi connectivity index (χ2v) is 6.67. The Morgan fingerprint density at radius 2 is 2.24 bits per heavy atom. The summed E-state index contributed by atoms with van der Waals surface area (Å²) in [5.41, 5.74) is 6.25. The Morgan fingerprint density at radius 1 is 1.52 bits per heavy atom. The van der Waals surface area contributed by atoms with Gasteiger partial charge in [0.25, 0.3) is 5.91 Å². The molecule has 1 heterocycles. The second kappa shape index (κ2) is 6.20. The molecule has 6 heteroatoms. The molecule has 4 nitrogen and oxygen atoms in total. The van der Waals surface area contributed by atoms with Crippen LogP contribution in [0, 0.1) is 5.41 Å². The van der Waals surface area contributed by atoms with E-state index in [1.54, 1.807) is 23.1 Å². The molecule has 2 rings (SSSR count). The molecule has 0 spiro atoms. The summed E-state index contributed by atoms with van der Waals surface area (Å²) in [6, 6.07) is 5.30. The van der Waals surface area contributed by atoms with Gasteiger partial charge in [-0.25, -0.2) is 0 Å². The number of nitrogens with two attached hydrogens (primary N) is 1. The molecule has 0 bridgehead atoms. The number of ether oxygens (including phenoxy) is 1. The molecule has 1 aromatic rings. The van der Waals surface area contributed by atoms with Gasteiger partial charge in [-0.2, -0.15) is 0 Å². The average Bonchev–Trinajstić information content (AvgIpc) is 2.41. The standard InChI is InChI=1S/C15H19ClN2O2S/c1-15(2,14(17)21)6-3-7-18-11-8-10(16)4-5-12(11)20-9-13(18)19/h4-5,8H,3,6-7,9H2,1-2H3,(H2,17,21). The van der Waals surface area contributed by atoms with Gasteiger partial charge in [0.05, 0.1) is 10.7 Å². The lowest BCUT2D eigenvalue weighted by atomic mass is 9.88. The van der Waals surface area contributed by atoms with Gasteiger partial charge in [0.2, 0.25) is 0 Å². The molecule has 1 amide bonds. The first kappa shape index (κ1) is 16.0. The van der Waals surface area contributed by atoms with Crippen molar-refractivity contribution in [2.24, 2.45) is 11.1 Å². The monoisotopic (exact) mass is 326 g/mol. The number of rotatable bonds is 5. The van der Waals surface area contributed by atoms with E-state index in [1.165, 1.54) is 0 Å². The first-order valence-corrected chi connectivity index (χ1v) is 7.62. The first-order valence-electron chi connectivity index (χ1n) is 6.84. The maximum Gasteiger partial charge on any atom is 0.265 e. The third-order valence-electron chi connectivity index (χ3n) is 3.71. The number of nitrogens with zero attached hydrogens (tertiary/aromatic N) is 1. The Kier molecular flexibility index (Phi) is 4.74. The molecule has 0 unspecified atom stereocenters. The van der Waals surface area contributed by atoms with E-state index < -0.39 is 0 Å². The molecule has 1 aromatic carbocycles. The fraction of sp³-hybridized carbons (Fsp3) is 0.467. The van der Waals surface area contributed by atoms with E-state index in [9.17, 15) is 4.79 Å². The Morgan fingerprint density at radius 3 is 2.90 bits per heavy atom. The van der Waals surface area contributed by atoms with E-state index >= 15 is 0 Å². The van der Waals surface area contributed by atoms with Crippen molar-refractivity contribution in [3.8, 4) is 5.75 Å². The van der Waals surface area contributed by atoms with E-state index in [1.807, 2.05) is 13.8 Å². The van der Waals surface area contributed by atoms with Crippen molar-refractivity contribution >= 4 is 40.4 Å². The third kappa shape index (κ3) is 3.66. The van der Waals surface area contributed by atoms with Crippen LogP contribution in [0.15, 0.2) is 18.2 Å². The van der Waals surface area contributed by atoms with Gasteiger partial charge in [-0.15, -0.1) is 0 Å². The zero-order valence-electron chi connectivity index (χ0n) is 12.2. The van der Waals surface area contributed by atoms with Crippen LogP contribution in [0.4, 0.5) is 5.69 Å². The normalized spacial score (nSPS) is 14.6. The van der Waals surface area contributed by atoms with Crippen molar-refractivity contribution in [2.75, 3.05) is 18.1 Å². The Balaban J connectivity index is 2.08. The number of carbonyl (C=O) groups is 1. The number of halogens is 1. The molecule has 0 saturated carbocycles. The summed E-state index contributed by atoms with van der Waals surface area (Å²) in [4.78, 5) is 14.3. The SMILES string of the molecule is CC(C)(CCCN1C(=O)COc2ccc(Cl)cc21)C(N)=S. The molecule has 1 aliphatic rings. The van der Waals surface area contributed by atoms with Crippen molar-refractivity contribution in [1.29, 1.82) is 0 Å². The van der Waals surface area contributed by atoms with Crippen molar-refractivity contribution in [3.05, 3.63) is 23.2 Å². The van der Waals surface area contributed by atoms with Crippen LogP contribution in [-0.2, 0) is 4.79 Å². The van der Waals surface area contributed by atoms with Crippen LogP contribution in [-0.4, -0.2) is 24.0 Å². The van der Waals surface area contributed by atoms with Gasteiger partial charge in [-0.05, 0) is 31.0 Å². The van der Waals surface area contributed by atoms with Crippen molar-refractivity contribution in [3.63, 3.8) is 0 Å². The number of anilines is 1. The highest BCUT2D eigenvalue weighted by atomic mass is 35.5. The quantitative estimate of drug-likeness (QED) is 0.844. The Bertz CT molecular complexity index is 575. The summed E-state index contributed by atoms with van der Waals surface area (Å²) in [6.07, 6.45) is 1.63. The number of hydrogen-bond acceptors (Lipinski definition) is 3. The molecule has 0 aromatic heterocycles. The highest BCUT2D eigenvalue weighted by molar-refractivity contribution is 7.80. The van der Waals surface area contributed by atoms with Crippen molar-refractivity contribution < 1.29 is 9.53 Å². The molecule has 2 N–H and O–H groups in total. The molecular weight excluding hydrogens is 308 g/mol. The van der Waals surface area contributed by atoms with E-state index in [0.717, 1.165) is 18.5 Å². The Labute approximate surface area is 135 Å². The summed E-state index contributed by atoms with van der Waals surface area (Å²) < 4.78 is 5.42. The lowest BCUT2D eigenvalue weighted by molar-refractivity contribution is -0.121. The van der Waals surface area contributed by atoms with E-state index in [0.29, 0.717) is 22.3 Å². The van der Waals surface area contributed by atoms with Gasteiger partial charge in [0.1, 0.15) is 5.75 Å². The van der Waals surface area contributed by atoms with Crippen LogP contribution < -0.4 is 15.4 Å².